The molecular weight excluding hydrogens is 234 g/mol. The lowest BCUT2D eigenvalue weighted by molar-refractivity contribution is 0.232. The summed E-state index contributed by atoms with van der Waals surface area (Å²) >= 11 is 0. The van der Waals surface area contributed by atoms with Crippen molar-refractivity contribution >= 4 is 5.69 Å². The first-order chi connectivity index (χ1) is 9.00. The van der Waals surface area contributed by atoms with E-state index in [0.29, 0.717) is 11.5 Å². The van der Waals surface area contributed by atoms with Crippen LogP contribution in [0, 0.1) is 12.3 Å². The highest BCUT2D eigenvalue weighted by Gasteiger charge is 2.27. The maximum absolute atomic E-state index is 5.74. The molecule has 106 valence electrons. The molecule has 0 heterocycles. The van der Waals surface area contributed by atoms with Gasteiger partial charge in [0.05, 0.1) is 12.3 Å². The Kier molecular flexibility index (Phi) is 4.38. The Hall–Kier alpha value is -1.18. The number of hydrogen-bond acceptors (Lipinski definition) is 2. The zero-order chi connectivity index (χ0) is 13.9. The molecule has 2 rings (SSSR count). The zero-order valence-electron chi connectivity index (χ0n) is 12.8. The lowest BCUT2D eigenvalue weighted by Crippen LogP contribution is -2.30. The molecule has 2 nitrogen and oxygen atoms in total. The highest BCUT2D eigenvalue weighted by atomic mass is 16.5. The van der Waals surface area contributed by atoms with Gasteiger partial charge in [-0.3, -0.25) is 0 Å². The predicted molar refractivity (Wildman–Crippen MR) is 82.0 cm³/mol. The lowest BCUT2D eigenvalue weighted by atomic mass is 9.75. The molecule has 0 radical (unpaired) electrons. The molecule has 0 saturated heterocycles. The van der Waals surface area contributed by atoms with Crippen molar-refractivity contribution in [3.8, 4) is 5.75 Å². The number of rotatable bonds is 4. The van der Waals surface area contributed by atoms with Crippen LogP contribution in [0.4, 0.5) is 5.69 Å². The molecule has 19 heavy (non-hydrogen) atoms. The van der Waals surface area contributed by atoms with E-state index in [2.05, 4.69) is 44.3 Å². The molecule has 0 bridgehead atoms. The third-order valence-electron chi connectivity index (χ3n) is 4.14. The van der Waals surface area contributed by atoms with Crippen molar-refractivity contribution in [2.45, 2.75) is 59.4 Å². The van der Waals surface area contributed by atoms with Crippen molar-refractivity contribution in [2.75, 3.05) is 11.9 Å². The van der Waals surface area contributed by atoms with Gasteiger partial charge in [0, 0.05) is 6.04 Å². The highest BCUT2D eigenvalue weighted by molar-refractivity contribution is 5.58. The molecule has 0 aromatic heterocycles. The van der Waals surface area contributed by atoms with Crippen LogP contribution in [0.15, 0.2) is 18.2 Å². The van der Waals surface area contributed by atoms with Crippen LogP contribution < -0.4 is 10.1 Å². The average molecular weight is 261 g/mol. The predicted octanol–water partition coefficient (Wildman–Crippen LogP) is 4.77. The summed E-state index contributed by atoms with van der Waals surface area (Å²) in [4.78, 5) is 0. The van der Waals surface area contributed by atoms with Gasteiger partial charge in [-0.15, -0.1) is 0 Å². The van der Waals surface area contributed by atoms with E-state index >= 15 is 0 Å². The standard InChI is InChI=1S/C17H27NO/c1-5-19-16-12-13(2)6-7-15(16)18-14-8-10-17(3,4)11-9-14/h6-7,12,14,18H,5,8-11H2,1-4H3. The van der Waals surface area contributed by atoms with Crippen LogP contribution in [0.5, 0.6) is 5.75 Å². The molecule has 1 aromatic carbocycles. The lowest BCUT2D eigenvalue weighted by Gasteiger charge is -2.35. The van der Waals surface area contributed by atoms with Crippen molar-refractivity contribution < 1.29 is 4.74 Å². The molecule has 0 aliphatic heterocycles. The largest absolute Gasteiger partial charge is 0.492 e. The molecule has 1 saturated carbocycles. The van der Waals surface area contributed by atoms with Gasteiger partial charge in [-0.2, -0.15) is 0 Å². The number of hydrogen-bond donors (Lipinski definition) is 1. The normalized spacial score (nSPS) is 19.2. The van der Waals surface area contributed by atoms with Crippen molar-refractivity contribution in [1.29, 1.82) is 0 Å². The van der Waals surface area contributed by atoms with Crippen molar-refractivity contribution in [3.63, 3.8) is 0 Å². The van der Waals surface area contributed by atoms with Crippen LogP contribution in [0.1, 0.15) is 52.0 Å². The van der Waals surface area contributed by atoms with Crippen molar-refractivity contribution in [3.05, 3.63) is 23.8 Å². The van der Waals surface area contributed by atoms with Crippen LogP contribution in [0.2, 0.25) is 0 Å². The summed E-state index contributed by atoms with van der Waals surface area (Å²) < 4.78 is 5.74. The van der Waals surface area contributed by atoms with Gasteiger partial charge in [0.2, 0.25) is 0 Å². The van der Waals surface area contributed by atoms with E-state index < -0.39 is 0 Å². The summed E-state index contributed by atoms with van der Waals surface area (Å²) in [5.41, 5.74) is 2.92. The number of benzene rings is 1. The summed E-state index contributed by atoms with van der Waals surface area (Å²) in [7, 11) is 0. The molecule has 1 fully saturated rings. The van der Waals surface area contributed by atoms with Crippen molar-refractivity contribution in [1.82, 2.24) is 0 Å². The fourth-order valence-corrected chi connectivity index (χ4v) is 2.79. The maximum atomic E-state index is 5.74. The summed E-state index contributed by atoms with van der Waals surface area (Å²) in [5, 5.41) is 3.67. The molecule has 1 aliphatic carbocycles. The molecule has 0 atom stereocenters. The summed E-state index contributed by atoms with van der Waals surface area (Å²) in [5.74, 6) is 0.993. The van der Waals surface area contributed by atoms with Gasteiger partial charge in [-0.25, -0.2) is 0 Å². The van der Waals surface area contributed by atoms with Crippen LogP contribution in [-0.2, 0) is 0 Å². The molecule has 2 heteroatoms. The van der Waals surface area contributed by atoms with E-state index in [9.17, 15) is 0 Å². The third-order valence-corrected chi connectivity index (χ3v) is 4.14. The van der Waals surface area contributed by atoms with Gasteiger partial charge in [0.25, 0.3) is 0 Å². The Morgan fingerprint density at radius 2 is 1.95 bits per heavy atom. The second kappa shape index (κ2) is 5.85. The first kappa shape index (κ1) is 14.2. The van der Waals surface area contributed by atoms with Gasteiger partial charge < -0.3 is 10.1 Å². The average Bonchev–Trinajstić information content (AvgIpc) is 2.35. The third kappa shape index (κ3) is 3.89. The second-order valence-electron chi connectivity index (χ2n) is 6.52. The second-order valence-corrected chi connectivity index (χ2v) is 6.52. The monoisotopic (exact) mass is 261 g/mol. The number of ether oxygens (including phenoxy) is 1. The van der Waals surface area contributed by atoms with Crippen LogP contribution >= 0.6 is 0 Å². The van der Waals surface area contributed by atoms with Crippen LogP contribution in [0.3, 0.4) is 0 Å². The summed E-state index contributed by atoms with van der Waals surface area (Å²) in [6.07, 6.45) is 5.12. The SMILES string of the molecule is CCOc1cc(C)ccc1NC1CCC(C)(C)CC1. The van der Waals surface area contributed by atoms with Gasteiger partial charge in [-0.05, 0) is 62.6 Å². The van der Waals surface area contributed by atoms with Crippen molar-refractivity contribution in [2.24, 2.45) is 5.41 Å². The fraction of sp³-hybridized carbons (Fsp3) is 0.647. The smallest absolute Gasteiger partial charge is 0.142 e. The fourth-order valence-electron chi connectivity index (χ4n) is 2.79. The van der Waals surface area contributed by atoms with Gasteiger partial charge in [-0.1, -0.05) is 19.9 Å². The minimum atomic E-state index is 0.522. The quantitative estimate of drug-likeness (QED) is 0.842. The molecule has 1 aromatic rings. The minimum absolute atomic E-state index is 0.522. The topological polar surface area (TPSA) is 21.3 Å². The van der Waals surface area contributed by atoms with E-state index in [1.807, 2.05) is 6.92 Å². The first-order valence-electron chi connectivity index (χ1n) is 7.50. The zero-order valence-corrected chi connectivity index (χ0v) is 12.8. The van der Waals surface area contributed by atoms with Crippen LogP contribution in [-0.4, -0.2) is 12.6 Å². The Morgan fingerprint density at radius 1 is 1.26 bits per heavy atom. The van der Waals surface area contributed by atoms with Gasteiger partial charge in [0.15, 0.2) is 0 Å². The molecule has 1 N–H and O–H groups in total. The Bertz CT molecular complexity index is 415. The van der Waals surface area contributed by atoms with E-state index in [-0.39, 0.29) is 0 Å². The molecule has 0 unspecified atom stereocenters. The maximum Gasteiger partial charge on any atom is 0.142 e. The molecule has 1 aliphatic rings. The Morgan fingerprint density at radius 3 is 2.58 bits per heavy atom. The number of nitrogens with one attached hydrogen (secondary N) is 1. The minimum Gasteiger partial charge on any atom is -0.492 e. The highest BCUT2D eigenvalue weighted by Crippen LogP contribution is 2.37. The molecular formula is C17H27NO. The number of aryl methyl sites for hydroxylation is 1. The van der Waals surface area contributed by atoms with E-state index in [0.717, 1.165) is 18.0 Å². The van der Waals surface area contributed by atoms with Crippen LogP contribution in [0.25, 0.3) is 0 Å². The Labute approximate surface area is 117 Å². The molecule has 0 spiro atoms. The van der Waals surface area contributed by atoms with Gasteiger partial charge >= 0.3 is 0 Å². The molecule has 0 amide bonds. The number of anilines is 1. The summed E-state index contributed by atoms with van der Waals surface area (Å²) in [6, 6.07) is 7.02. The summed E-state index contributed by atoms with van der Waals surface area (Å²) in [6.45, 7) is 9.61. The van der Waals surface area contributed by atoms with E-state index in [1.54, 1.807) is 0 Å². The Balaban J connectivity index is 2.03. The van der Waals surface area contributed by atoms with E-state index in [4.69, 9.17) is 4.74 Å². The van der Waals surface area contributed by atoms with E-state index in [1.165, 1.54) is 31.2 Å². The van der Waals surface area contributed by atoms with Gasteiger partial charge in [0.1, 0.15) is 5.75 Å². The first-order valence-corrected chi connectivity index (χ1v) is 7.50.